The average Bonchev–Trinajstić information content (AvgIpc) is 3.04. The van der Waals surface area contributed by atoms with Gasteiger partial charge in [-0.2, -0.15) is 0 Å². The lowest BCUT2D eigenvalue weighted by Gasteiger charge is -2.12. The molecule has 3 rings (SSSR count). The lowest BCUT2D eigenvalue weighted by atomic mass is 10.0. The highest BCUT2D eigenvalue weighted by molar-refractivity contribution is 5.76. The predicted molar refractivity (Wildman–Crippen MR) is 104 cm³/mol. The van der Waals surface area contributed by atoms with Crippen molar-refractivity contribution in [1.82, 2.24) is 24.5 Å². The maximum atomic E-state index is 13.5. The van der Waals surface area contributed by atoms with Gasteiger partial charge in [0.25, 0.3) is 0 Å². The van der Waals surface area contributed by atoms with Crippen molar-refractivity contribution >= 4 is 11.6 Å². The Bertz CT molecular complexity index is 1040. The van der Waals surface area contributed by atoms with E-state index in [2.05, 4.69) is 15.5 Å². The third-order valence-electron chi connectivity index (χ3n) is 4.40. The van der Waals surface area contributed by atoms with E-state index in [0.717, 1.165) is 0 Å². The smallest absolute Gasteiger partial charge is 0.300 e. The number of hydrogen-bond acceptors (Lipinski definition) is 4. The zero-order chi connectivity index (χ0) is 20.3. The predicted octanol–water partition coefficient (Wildman–Crippen LogP) is 2.36. The molecule has 2 aromatic heterocycles. The Hall–Kier alpha value is -3.03. The highest BCUT2D eigenvalue weighted by Crippen LogP contribution is 2.12. The molecule has 1 N–H and O–H groups in total. The van der Waals surface area contributed by atoms with E-state index in [4.69, 9.17) is 0 Å². The van der Waals surface area contributed by atoms with Crippen LogP contribution in [0.3, 0.4) is 0 Å². The molecule has 0 radical (unpaired) electrons. The van der Waals surface area contributed by atoms with E-state index in [-0.39, 0.29) is 23.0 Å². The molecular formula is C20H24FN5O2. The van der Waals surface area contributed by atoms with E-state index in [0.29, 0.717) is 36.8 Å². The van der Waals surface area contributed by atoms with E-state index in [1.807, 2.05) is 20.8 Å². The largest absolute Gasteiger partial charge is 0.356 e. The van der Waals surface area contributed by atoms with Gasteiger partial charge in [-0.3, -0.25) is 18.6 Å². The van der Waals surface area contributed by atoms with Crippen molar-refractivity contribution < 1.29 is 9.18 Å². The van der Waals surface area contributed by atoms with Gasteiger partial charge >= 0.3 is 5.56 Å². The number of amides is 1. The molecule has 1 amide bonds. The van der Waals surface area contributed by atoms with Crippen LogP contribution >= 0.6 is 0 Å². The highest BCUT2D eigenvalue weighted by Gasteiger charge is 2.16. The van der Waals surface area contributed by atoms with Gasteiger partial charge in [0.1, 0.15) is 11.6 Å². The molecule has 0 unspecified atom stereocenters. The summed E-state index contributed by atoms with van der Waals surface area (Å²) in [4.78, 5) is 24.7. The van der Waals surface area contributed by atoms with Crippen LogP contribution in [0.2, 0.25) is 0 Å². The molecule has 148 valence electrons. The molecule has 2 heterocycles. The second-order valence-corrected chi connectivity index (χ2v) is 7.47. The first-order valence-corrected chi connectivity index (χ1v) is 9.33. The van der Waals surface area contributed by atoms with Crippen LogP contribution in [-0.4, -0.2) is 31.6 Å². The quantitative estimate of drug-likeness (QED) is 0.677. The maximum Gasteiger partial charge on any atom is 0.300 e. The number of nitrogens with zero attached hydrogens (tertiary/aromatic N) is 4. The van der Waals surface area contributed by atoms with Gasteiger partial charge in [-0.25, -0.2) is 4.39 Å². The van der Waals surface area contributed by atoms with Crippen LogP contribution in [0.15, 0.2) is 41.5 Å². The van der Waals surface area contributed by atoms with Crippen molar-refractivity contribution in [3.05, 3.63) is 58.7 Å². The number of rotatable bonds is 7. The van der Waals surface area contributed by atoms with E-state index in [1.54, 1.807) is 28.9 Å². The van der Waals surface area contributed by atoms with Gasteiger partial charge < -0.3 is 5.32 Å². The van der Waals surface area contributed by atoms with Gasteiger partial charge in [0.2, 0.25) is 11.6 Å². The lowest BCUT2D eigenvalue weighted by molar-refractivity contribution is -0.122. The minimum atomic E-state index is -0.420. The van der Waals surface area contributed by atoms with Crippen molar-refractivity contribution in [3.63, 3.8) is 0 Å². The zero-order valence-electron chi connectivity index (χ0n) is 16.2. The van der Waals surface area contributed by atoms with Crippen molar-refractivity contribution in [2.75, 3.05) is 6.54 Å². The number of carbonyl (C=O) groups is 1. The molecule has 0 aliphatic heterocycles. The summed E-state index contributed by atoms with van der Waals surface area (Å²) in [5.74, 6) is 0.646. The molecule has 0 bridgehead atoms. The Kier molecular flexibility index (Phi) is 5.87. The minimum Gasteiger partial charge on any atom is -0.356 e. The number of halogens is 1. The molecule has 0 aliphatic carbocycles. The first-order valence-electron chi connectivity index (χ1n) is 9.33. The summed E-state index contributed by atoms with van der Waals surface area (Å²) in [7, 11) is 0. The number of fused-ring (bicyclic) bond motifs is 1. The van der Waals surface area contributed by atoms with Gasteiger partial charge in [0, 0.05) is 31.8 Å². The second kappa shape index (κ2) is 8.33. The van der Waals surface area contributed by atoms with Gasteiger partial charge in [0.05, 0.1) is 5.69 Å². The molecular weight excluding hydrogens is 361 g/mol. The number of carbonyl (C=O) groups excluding carboxylic acids is 1. The zero-order valence-corrected chi connectivity index (χ0v) is 16.2. The molecule has 28 heavy (non-hydrogen) atoms. The molecule has 3 aromatic rings. The summed E-state index contributed by atoms with van der Waals surface area (Å²) in [6.45, 7) is 6.70. The number of hydrogen-bond donors (Lipinski definition) is 1. The fraction of sp³-hybridized carbons (Fsp3) is 0.400. The monoisotopic (exact) mass is 385 g/mol. The summed E-state index contributed by atoms with van der Waals surface area (Å²) < 4.78 is 16.4. The van der Waals surface area contributed by atoms with E-state index in [9.17, 15) is 14.0 Å². The fourth-order valence-electron chi connectivity index (χ4n) is 2.99. The molecule has 8 heteroatoms. The molecule has 0 spiro atoms. The van der Waals surface area contributed by atoms with E-state index in [1.165, 1.54) is 16.7 Å². The summed E-state index contributed by atoms with van der Waals surface area (Å²) >= 11 is 0. The van der Waals surface area contributed by atoms with Gasteiger partial charge in [-0.1, -0.05) is 26.8 Å². The first kappa shape index (κ1) is 19.7. The molecule has 0 fully saturated rings. The van der Waals surface area contributed by atoms with E-state index >= 15 is 0 Å². The van der Waals surface area contributed by atoms with Crippen LogP contribution < -0.4 is 10.9 Å². The van der Waals surface area contributed by atoms with Crippen LogP contribution in [0.5, 0.6) is 0 Å². The SMILES string of the molecule is CC(C)CNC(=O)C[C@H](C)Cc1nnc2c(=O)n(-c3cccc(F)c3)ccn12. The average molecular weight is 385 g/mol. The van der Waals surface area contributed by atoms with Crippen LogP contribution in [0, 0.1) is 17.7 Å². The van der Waals surface area contributed by atoms with Crippen molar-refractivity contribution in [3.8, 4) is 5.69 Å². The van der Waals surface area contributed by atoms with Crippen LogP contribution in [0.4, 0.5) is 4.39 Å². The number of nitrogens with one attached hydrogen (secondary N) is 1. The Labute approximate surface area is 162 Å². The first-order chi connectivity index (χ1) is 13.3. The topological polar surface area (TPSA) is 81.3 Å². The van der Waals surface area contributed by atoms with Crippen molar-refractivity contribution in [2.45, 2.75) is 33.6 Å². The molecule has 0 saturated carbocycles. The van der Waals surface area contributed by atoms with Crippen molar-refractivity contribution in [2.24, 2.45) is 11.8 Å². The van der Waals surface area contributed by atoms with Crippen LogP contribution in [-0.2, 0) is 11.2 Å². The lowest BCUT2D eigenvalue weighted by Crippen LogP contribution is -2.29. The standard InChI is InChI=1S/C20H24FN5O2/c1-13(2)12-22-18(27)10-14(3)9-17-23-24-19-20(28)25(7-8-26(17)19)16-6-4-5-15(21)11-16/h4-8,11,13-14H,9-10,12H2,1-3H3,(H,22,27)/t14-/m1/s1. The molecule has 0 aliphatic rings. The highest BCUT2D eigenvalue weighted by atomic mass is 19.1. The summed E-state index contributed by atoms with van der Waals surface area (Å²) in [6.07, 6.45) is 4.14. The summed E-state index contributed by atoms with van der Waals surface area (Å²) in [6, 6.07) is 5.80. The summed E-state index contributed by atoms with van der Waals surface area (Å²) in [5, 5.41) is 11.0. The Morgan fingerprint density at radius 2 is 2.00 bits per heavy atom. The van der Waals surface area contributed by atoms with Gasteiger partial charge in [0.15, 0.2) is 0 Å². The fourth-order valence-corrected chi connectivity index (χ4v) is 2.99. The van der Waals surface area contributed by atoms with Crippen molar-refractivity contribution in [1.29, 1.82) is 0 Å². The van der Waals surface area contributed by atoms with E-state index < -0.39 is 5.82 Å². The number of aromatic nitrogens is 4. The number of benzene rings is 1. The minimum absolute atomic E-state index is 0.00322. The third-order valence-corrected chi connectivity index (χ3v) is 4.40. The second-order valence-electron chi connectivity index (χ2n) is 7.47. The Morgan fingerprint density at radius 1 is 1.21 bits per heavy atom. The van der Waals surface area contributed by atoms with Gasteiger partial charge in [-0.05, 0) is 30.0 Å². The van der Waals surface area contributed by atoms with Gasteiger partial charge in [-0.15, -0.1) is 10.2 Å². The Morgan fingerprint density at radius 3 is 2.71 bits per heavy atom. The van der Waals surface area contributed by atoms with Crippen LogP contribution in [0.25, 0.3) is 11.3 Å². The molecule has 7 nitrogen and oxygen atoms in total. The normalized spacial score (nSPS) is 12.5. The molecule has 0 saturated heterocycles. The maximum absolute atomic E-state index is 13.5. The Balaban J connectivity index is 1.78. The third kappa shape index (κ3) is 4.44. The molecule has 1 atom stereocenters. The summed E-state index contributed by atoms with van der Waals surface area (Å²) in [5.41, 5.74) is 0.208. The molecule has 1 aromatic carbocycles. The van der Waals surface area contributed by atoms with Crippen LogP contribution in [0.1, 0.15) is 33.0 Å².